The number of nitrogens with zero attached hydrogens (tertiary/aromatic N) is 2. The van der Waals surface area contributed by atoms with Crippen LogP contribution in [0.25, 0.3) is 0 Å². The van der Waals surface area contributed by atoms with Crippen LogP contribution in [0, 0.1) is 22.9 Å². The van der Waals surface area contributed by atoms with Gasteiger partial charge in [-0.15, -0.1) is 11.8 Å². The number of halogens is 3. The first kappa shape index (κ1) is 35.3. The third-order valence-electron chi connectivity index (χ3n) is 6.79. The van der Waals surface area contributed by atoms with Gasteiger partial charge in [0, 0.05) is 24.2 Å². The normalized spacial score (nSPS) is 14.6. The Morgan fingerprint density at radius 2 is 1.45 bits per heavy atom. The number of rotatable bonds is 7. The molecule has 1 saturated heterocycles. The van der Waals surface area contributed by atoms with E-state index in [1.807, 2.05) is 26.8 Å². The third kappa shape index (κ3) is 12.2. The summed E-state index contributed by atoms with van der Waals surface area (Å²) in [6, 6.07) is 10.5. The molecule has 1 fully saturated rings. The van der Waals surface area contributed by atoms with Gasteiger partial charge in [-0.25, -0.2) is 13.2 Å². The van der Waals surface area contributed by atoms with Crippen molar-refractivity contribution in [3.8, 4) is 0 Å². The van der Waals surface area contributed by atoms with Crippen LogP contribution < -0.4 is 0 Å². The van der Waals surface area contributed by atoms with E-state index in [4.69, 9.17) is 9.59 Å². The number of likely N-dealkylation sites (tertiary alicyclic amines) is 1. The first-order valence-corrected chi connectivity index (χ1v) is 13.7. The molecule has 0 saturated carbocycles. The Kier molecular flexibility index (Phi) is 18.0. The largest absolute Gasteiger partial charge is 0.307 e. The minimum absolute atomic E-state index is 0.211. The van der Waals surface area contributed by atoms with Crippen molar-refractivity contribution in [3.63, 3.8) is 0 Å². The van der Waals surface area contributed by atoms with E-state index in [-0.39, 0.29) is 11.4 Å². The van der Waals surface area contributed by atoms with Crippen LogP contribution in [0.2, 0.25) is 0 Å². The molecule has 0 aromatic heterocycles. The average molecular weight is 551 g/mol. The molecule has 1 aliphatic heterocycles. The van der Waals surface area contributed by atoms with E-state index in [9.17, 15) is 13.2 Å². The third-order valence-corrected chi connectivity index (χ3v) is 7.47. The quantitative estimate of drug-likeness (QED) is 0.262. The van der Waals surface area contributed by atoms with Gasteiger partial charge in [0.15, 0.2) is 0 Å². The van der Waals surface area contributed by atoms with Crippen LogP contribution in [0.3, 0.4) is 0 Å². The molecule has 0 atom stereocenters. The fraction of sp³-hybridized carbons (Fsp3) is 0.433. The summed E-state index contributed by atoms with van der Waals surface area (Å²) in [7, 11) is 0. The number of carbonyl (C=O) groups excluding carboxylic acids is 2. The Morgan fingerprint density at radius 3 is 1.89 bits per heavy atom. The zero-order valence-electron chi connectivity index (χ0n) is 23.1. The predicted octanol–water partition coefficient (Wildman–Crippen LogP) is 7.66. The standard InChI is InChI=1S/C16H23F2N.C12H14FNS.2CH2O/c1-3-16(4-2)8-10-19(11-9-16)12-13-14(17)6-5-7-15(13)18;1-9(14-10(2)15-3)8-11-4-6-12(13)7-5-11;2*1-2/h5-7H,3-4,8-12H2,1-2H3;4-7H,1,8H2,2-3H3;2*1H2. The number of carbonyl (C=O) groups is 2. The second kappa shape index (κ2) is 19.4. The lowest BCUT2D eigenvalue weighted by Gasteiger charge is -2.41. The summed E-state index contributed by atoms with van der Waals surface area (Å²) in [5.74, 6) is -1.07. The summed E-state index contributed by atoms with van der Waals surface area (Å²) in [6.45, 7) is 16.6. The highest BCUT2D eigenvalue weighted by atomic mass is 32.2. The van der Waals surface area contributed by atoms with Gasteiger partial charge in [-0.2, -0.15) is 0 Å². The lowest BCUT2D eigenvalue weighted by Crippen LogP contribution is -2.39. The fourth-order valence-corrected chi connectivity index (χ4v) is 4.42. The maximum Gasteiger partial charge on any atom is 0.130 e. The van der Waals surface area contributed by atoms with E-state index in [1.165, 1.54) is 43.2 Å². The van der Waals surface area contributed by atoms with E-state index in [0.29, 0.717) is 18.4 Å². The summed E-state index contributed by atoms with van der Waals surface area (Å²) in [6.07, 6.45) is 7.31. The van der Waals surface area contributed by atoms with Crippen LogP contribution in [0.15, 0.2) is 59.7 Å². The van der Waals surface area contributed by atoms with Crippen LogP contribution in [-0.2, 0) is 22.6 Å². The molecule has 8 heteroatoms. The van der Waals surface area contributed by atoms with Crippen molar-refractivity contribution in [1.82, 2.24) is 4.90 Å². The van der Waals surface area contributed by atoms with Crippen LogP contribution in [-0.4, -0.2) is 42.9 Å². The van der Waals surface area contributed by atoms with E-state index in [1.54, 1.807) is 23.9 Å². The minimum Gasteiger partial charge on any atom is -0.307 e. The van der Waals surface area contributed by atoms with Crippen molar-refractivity contribution in [2.45, 2.75) is 59.4 Å². The van der Waals surface area contributed by atoms with Crippen molar-refractivity contribution >= 4 is 30.4 Å². The Bertz CT molecular complexity index is 963. The number of allylic oxidation sites excluding steroid dienone is 1. The predicted molar refractivity (Wildman–Crippen MR) is 154 cm³/mol. The molecule has 1 heterocycles. The summed E-state index contributed by atoms with van der Waals surface area (Å²) in [5, 5.41) is 0.988. The number of piperidine rings is 1. The number of hydrogen-bond acceptors (Lipinski definition) is 5. The molecule has 4 nitrogen and oxygen atoms in total. The van der Waals surface area contributed by atoms with Gasteiger partial charge in [0.1, 0.15) is 31.0 Å². The molecule has 2 aromatic carbocycles. The highest BCUT2D eigenvalue weighted by Crippen LogP contribution is 2.38. The molecule has 0 amide bonds. The zero-order chi connectivity index (χ0) is 29.1. The second-order valence-corrected chi connectivity index (χ2v) is 9.89. The Hall–Kier alpha value is -2.71. The lowest BCUT2D eigenvalue weighted by molar-refractivity contribution is -0.0987. The topological polar surface area (TPSA) is 49.7 Å². The van der Waals surface area contributed by atoms with Crippen LogP contribution in [0.5, 0.6) is 0 Å². The van der Waals surface area contributed by atoms with Crippen molar-refractivity contribution < 1.29 is 22.8 Å². The fourth-order valence-electron chi connectivity index (χ4n) is 4.20. The Morgan fingerprint density at radius 1 is 0.947 bits per heavy atom. The van der Waals surface area contributed by atoms with Gasteiger partial charge < -0.3 is 9.59 Å². The molecule has 210 valence electrons. The monoisotopic (exact) mass is 550 g/mol. The summed E-state index contributed by atoms with van der Waals surface area (Å²) in [5.41, 5.74) is 2.49. The van der Waals surface area contributed by atoms with E-state index in [0.717, 1.165) is 42.2 Å². The van der Waals surface area contributed by atoms with Gasteiger partial charge in [0.05, 0.1) is 5.04 Å². The molecule has 1 aliphatic rings. The maximum absolute atomic E-state index is 13.6. The number of aliphatic imine (C=N–C) groups is 1. The molecule has 0 radical (unpaired) electrons. The van der Waals surface area contributed by atoms with Gasteiger partial charge in [0.2, 0.25) is 0 Å². The van der Waals surface area contributed by atoms with E-state index in [2.05, 4.69) is 30.3 Å². The summed E-state index contributed by atoms with van der Waals surface area (Å²) < 4.78 is 39.9. The molecule has 0 bridgehead atoms. The highest BCUT2D eigenvalue weighted by Gasteiger charge is 2.31. The Labute approximate surface area is 230 Å². The lowest BCUT2D eigenvalue weighted by atomic mass is 9.74. The van der Waals surface area contributed by atoms with Gasteiger partial charge >= 0.3 is 0 Å². The van der Waals surface area contributed by atoms with Crippen molar-refractivity contribution in [2.24, 2.45) is 10.4 Å². The highest BCUT2D eigenvalue weighted by molar-refractivity contribution is 8.13. The summed E-state index contributed by atoms with van der Waals surface area (Å²) in [4.78, 5) is 22.5. The van der Waals surface area contributed by atoms with Gasteiger partial charge in [0.25, 0.3) is 0 Å². The van der Waals surface area contributed by atoms with Gasteiger partial charge in [-0.3, -0.25) is 9.89 Å². The van der Waals surface area contributed by atoms with Crippen LogP contribution in [0.1, 0.15) is 57.6 Å². The number of benzene rings is 2. The van der Waals surface area contributed by atoms with Gasteiger partial charge in [-0.05, 0) is 74.4 Å². The molecule has 0 spiro atoms. The average Bonchev–Trinajstić information content (AvgIpc) is 2.95. The van der Waals surface area contributed by atoms with Gasteiger partial charge in [-0.1, -0.05) is 51.5 Å². The van der Waals surface area contributed by atoms with Crippen molar-refractivity contribution in [3.05, 3.63) is 83.3 Å². The van der Waals surface area contributed by atoms with Crippen LogP contribution >= 0.6 is 11.8 Å². The van der Waals surface area contributed by atoms with Crippen molar-refractivity contribution in [1.29, 1.82) is 0 Å². The first-order chi connectivity index (χ1) is 18.2. The number of hydrogen-bond donors (Lipinski definition) is 0. The first-order valence-electron chi connectivity index (χ1n) is 12.5. The molecule has 0 N–H and O–H groups in total. The van der Waals surface area contributed by atoms with Crippen LogP contribution in [0.4, 0.5) is 13.2 Å². The molecular formula is C30H41F3N2O2S. The smallest absolute Gasteiger partial charge is 0.130 e. The molecule has 2 aromatic rings. The molecule has 3 rings (SSSR count). The molecule has 0 unspecified atom stereocenters. The Balaban J connectivity index is 0.000000651. The van der Waals surface area contributed by atoms with E-state index < -0.39 is 11.6 Å². The number of thioether (sulfide) groups is 1. The molecule has 38 heavy (non-hydrogen) atoms. The summed E-state index contributed by atoms with van der Waals surface area (Å²) >= 11 is 1.60. The zero-order valence-corrected chi connectivity index (χ0v) is 23.9. The molecule has 0 aliphatic carbocycles. The minimum atomic E-state index is -0.428. The SMILES string of the molecule is C=C(Cc1ccc(F)cc1)N=C(C)SC.C=O.C=O.CCC1(CC)CCN(Cc2c(F)cccc2F)CC1. The van der Waals surface area contributed by atoms with Crippen molar-refractivity contribution in [2.75, 3.05) is 19.3 Å². The van der Waals surface area contributed by atoms with E-state index >= 15 is 0 Å². The second-order valence-electron chi connectivity index (χ2n) is 8.89. The maximum atomic E-state index is 13.6. The molecular weight excluding hydrogens is 509 g/mol.